The minimum atomic E-state index is -0.277. The zero-order valence-electron chi connectivity index (χ0n) is 18.0. The summed E-state index contributed by atoms with van der Waals surface area (Å²) >= 11 is 14.0. The number of hydrogen-bond donors (Lipinski definition) is 2. The molecule has 1 aromatic heterocycles. The van der Waals surface area contributed by atoms with Gasteiger partial charge in [0.15, 0.2) is 11.0 Å². The summed E-state index contributed by atoms with van der Waals surface area (Å²) < 4.78 is 3.48. The maximum absolute atomic E-state index is 12.4. The Hall–Kier alpha value is -1.88. The summed E-state index contributed by atoms with van der Waals surface area (Å²) in [7, 11) is 0. The smallest absolute Gasteiger partial charge is 0.250 e. The van der Waals surface area contributed by atoms with E-state index in [1.807, 2.05) is 24.3 Å². The molecular weight excluding hydrogens is 606 g/mol. The van der Waals surface area contributed by atoms with E-state index in [1.54, 1.807) is 12.1 Å². The molecule has 0 unspecified atom stereocenters. The zero-order chi connectivity index (χ0) is 24.1. The number of phenols is 1. The molecule has 1 aliphatic rings. The van der Waals surface area contributed by atoms with Gasteiger partial charge in [-0.1, -0.05) is 58.6 Å². The number of nitrogens with zero attached hydrogens (tertiary/aromatic N) is 4. The van der Waals surface area contributed by atoms with E-state index in [1.165, 1.54) is 37.2 Å². The molecular formula is C23H22Br2ClN5O2S. The number of hydrazone groups is 1. The number of halogens is 3. The molecule has 0 saturated heterocycles. The number of carbonyl (C=O) groups excluding carboxylic acids is 1. The summed E-state index contributed by atoms with van der Waals surface area (Å²) in [5.74, 6) is 0.698. The normalized spacial score (nSPS) is 14.6. The first-order chi connectivity index (χ1) is 16.4. The molecule has 11 heteroatoms. The minimum Gasteiger partial charge on any atom is -0.506 e. The van der Waals surface area contributed by atoms with Gasteiger partial charge in [-0.15, -0.1) is 10.2 Å². The first-order valence-electron chi connectivity index (χ1n) is 10.8. The lowest BCUT2D eigenvalue weighted by atomic mass is 9.95. The van der Waals surface area contributed by atoms with Crippen molar-refractivity contribution in [2.24, 2.45) is 5.10 Å². The number of phenolic OH excluding ortho intramolecular Hbond substituents is 1. The molecule has 0 atom stereocenters. The quantitative estimate of drug-likeness (QED) is 0.176. The number of amides is 1. The first-order valence-corrected chi connectivity index (χ1v) is 13.7. The Labute approximate surface area is 223 Å². The number of aromatic nitrogens is 3. The number of hydrogen-bond acceptors (Lipinski definition) is 6. The second kappa shape index (κ2) is 11.7. The van der Waals surface area contributed by atoms with Crippen molar-refractivity contribution in [1.29, 1.82) is 0 Å². The van der Waals surface area contributed by atoms with Crippen molar-refractivity contribution in [2.45, 2.75) is 43.3 Å². The average molecular weight is 628 g/mol. The van der Waals surface area contributed by atoms with Gasteiger partial charge in [-0.3, -0.25) is 9.36 Å². The van der Waals surface area contributed by atoms with Crippen LogP contribution in [0.4, 0.5) is 0 Å². The van der Waals surface area contributed by atoms with Gasteiger partial charge >= 0.3 is 0 Å². The van der Waals surface area contributed by atoms with Gasteiger partial charge in [-0.2, -0.15) is 5.10 Å². The molecule has 7 nitrogen and oxygen atoms in total. The van der Waals surface area contributed by atoms with E-state index in [0.717, 1.165) is 28.7 Å². The van der Waals surface area contributed by atoms with E-state index >= 15 is 0 Å². The Bertz CT molecular complexity index is 1200. The monoisotopic (exact) mass is 625 g/mol. The fourth-order valence-corrected chi connectivity index (χ4v) is 6.04. The highest BCUT2D eigenvalue weighted by atomic mass is 79.9. The third-order valence-electron chi connectivity index (χ3n) is 5.49. The molecule has 178 valence electrons. The molecule has 4 rings (SSSR count). The lowest BCUT2D eigenvalue weighted by Crippen LogP contribution is -2.20. The predicted molar refractivity (Wildman–Crippen MR) is 143 cm³/mol. The van der Waals surface area contributed by atoms with Gasteiger partial charge in [-0.25, -0.2) is 5.43 Å². The van der Waals surface area contributed by atoms with Crippen LogP contribution in [0.5, 0.6) is 5.75 Å². The van der Waals surface area contributed by atoms with Crippen LogP contribution in [0.25, 0.3) is 11.4 Å². The fraction of sp³-hybridized carbons (Fsp3) is 0.304. The van der Waals surface area contributed by atoms with Crippen molar-refractivity contribution in [3.8, 4) is 17.1 Å². The summed E-state index contributed by atoms with van der Waals surface area (Å²) in [5.41, 5.74) is 3.93. The number of benzene rings is 2. The molecule has 2 N–H and O–H groups in total. The van der Waals surface area contributed by atoms with Gasteiger partial charge in [0.25, 0.3) is 5.91 Å². The Balaban J connectivity index is 1.46. The molecule has 1 aliphatic carbocycles. The molecule has 1 saturated carbocycles. The van der Waals surface area contributed by atoms with Gasteiger partial charge in [0.2, 0.25) is 0 Å². The lowest BCUT2D eigenvalue weighted by molar-refractivity contribution is -0.118. The fourth-order valence-electron chi connectivity index (χ4n) is 3.86. The molecule has 3 aromatic rings. The maximum Gasteiger partial charge on any atom is 0.250 e. The molecule has 2 aromatic carbocycles. The average Bonchev–Trinajstić information content (AvgIpc) is 3.25. The number of rotatable bonds is 7. The van der Waals surface area contributed by atoms with E-state index in [0.29, 0.717) is 26.3 Å². The lowest BCUT2D eigenvalue weighted by Gasteiger charge is -2.25. The number of nitrogens with one attached hydrogen (secondary N) is 1. The Morgan fingerprint density at radius 1 is 1.21 bits per heavy atom. The third kappa shape index (κ3) is 6.21. The van der Waals surface area contributed by atoms with Crippen molar-refractivity contribution in [2.75, 3.05) is 5.75 Å². The van der Waals surface area contributed by atoms with Crippen LogP contribution in [0, 0.1) is 0 Å². The standard InChI is InChI=1S/C23H22Br2ClN5O2S/c24-16-10-15(21(33)19(25)11-16)12-27-28-20(32)13-34-23-30-29-22(14-6-8-17(26)9-7-14)31(23)18-4-2-1-3-5-18/h6-12,18,33H,1-5,13H2,(H,28,32)/b27-12-. The second-order valence-corrected chi connectivity index (χ2v) is 11.0. The van der Waals surface area contributed by atoms with E-state index < -0.39 is 0 Å². The highest BCUT2D eigenvalue weighted by Crippen LogP contribution is 2.36. The predicted octanol–water partition coefficient (Wildman–Crippen LogP) is 6.58. The van der Waals surface area contributed by atoms with E-state index in [2.05, 4.69) is 57.2 Å². The Morgan fingerprint density at radius 3 is 2.68 bits per heavy atom. The van der Waals surface area contributed by atoms with Crippen molar-refractivity contribution in [3.05, 3.63) is 55.9 Å². The molecule has 0 radical (unpaired) electrons. The highest BCUT2D eigenvalue weighted by molar-refractivity contribution is 9.11. The van der Waals surface area contributed by atoms with Crippen molar-refractivity contribution in [3.63, 3.8) is 0 Å². The maximum atomic E-state index is 12.4. The zero-order valence-corrected chi connectivity index (χ0v) is 22.8. The summed E-state index contributed by atoms with van der Waals surface area (Å²) in [6, 6.07) is 11.3. The van der Waals surface area contributed by atoms with Crippen LogP contribution >= 0.6 is 55.2 Å². The van der Waals surface area contributed by atoms with E-state index in [-0.39, 0.29) is 17.4 Å². The van der Waals surface area contributed by atoms with Crippen LogP contribution in [0.2, 0.25) is 5.02 Å². The molecule has 0 bridgehead atoms. The number of carbonyl (C=O) groups is 1. The van der Waals surface area contributed by atoms with Gasteiger partial charge < -0.3 is 5.11 Å². The van der Waals surface area contributed by atoms with Crippen molar-refractivity contribution >= 4 is 67.3 Å². The van der Waals surface area contributed by atoms with Crippen LogP contribution in [-0.2, 0) is 4.79 Å². The summed E-state index contributed by atoms with van der Waals surface area (Å²) in [6.45, 7) is 0. The van der Waals surface area contributed by atoms with E-state index in [4.69, 9.17) is 11.6 Å². The van der Waals surface area contributed by atoms with Crippen LogP contribution < -0.4 is 5.43 Å². The SMILES string of the molecule is O=C(CSc1nnc(-c2ccc(Cl)cc2)n1C1CCCCC1)N/N=C\c1cc(Br)cc(Br)c1O. The van der Waals surface area contributed by atoms with Crippen LogP contribution in [-0.4, -0.2) is 37.7 Å². The second-order valence-electron chi connectivity index (χ2n) is 7.88. The van der Waals surface area contributed by atoms with Crippen LogP contribution in [0.15, 0.2) is 55.6 Å². The van der Waals surface area contributed by atoms with E-state index in [9.17, 15) is 9.90 Å². The highest BCUT2D eigenvalue weighted by Gasteiger charge is 2.24. The summed E-state index contributed by atoms with van der Waals surface area (Å²) in [5, 5.41) is 24.3. The largest absolute Gasteiger partial charge is 0.506 e. The van der Waals surface area contributed by atoms with Crippen LogP contribution in [0.3, 0.4) is 0 Å². The molecule has 34 heavy (non-hydrogen) atoms. The van der Waals surface area contributed by atoms with Crippen LogP contribution in [0.1, 0.15) is 43.7 Å². The molecule has 1 amide bonds. The van der Waals surface area contributed by atoms with Crippen molar-refractivity contribution < 1.29 is 9.90 Å². The summed E-state index contributed by atoms with van der Waals surface area (Å²) in [4.78, 5) is 12.4. The number of thioether (sulfide) groups is 1. The third-order valence-corrected chi connectivity index (χ3v) is 7.75. The van der Waals surface area contributed by atoms with Gasteiger partial charge in [-0.05, 0) is 65.2 Å². The topological polar surface area (TPSA) is 92.4 Å². The molecule has 1 fully saturated rings. The van der Waals surface area contributed by atoms with Gasteiger partial charge in [0.05, 0.1) is 16.4 Å². The molecule has 0 spiro atoms. The first kappa shape index (κ1) is 25.2. The Kier molecular flexibility index (Phi) is 8.68. The minimum absolute atomic E-state index is 0.0471. The molecule has 0 aliphatic heterocycles. The van der Waals surface area contributed by atoms with Gasteiger partial charge in [0.1, 0.15) is 5.75 Å². The number of aromatic hydroxyl groups is 1. The summed E-state index contributed by atoms with van der Waals surface area (Å²) in [6.07, 6.45) is 7.10. The molecule has 1 heterocycles. The van der Waals surface area contributed by atoms with Gasteiger partial charge in [0, 0.05) is 26.7 Å². The Morgan fingerprint density at radius 2 is 1.94 bits per heavy atom. The van der Waals surface area contributed by atoms with Crippen molar-refractivity contribution in [1.82, 2.24) is 20.2 Å².